The first-order valence-electron chi connectivity index (χ1n) is 5.73. The van der Waals surface area contributed by atoms with Crippen LogP contribution in [0.15, 0.2) is 42.6 Å². The lowest BCUT2D eigenvalue weighted by Crippen LogP contribution is -2.25. The quantitative estimate of drug-likeness (QED) is 0.916. The normalized spacial score (nSPS) is 10.0. The second-order valence-electron chi connectivity index (χ2n) is 3.83. The summed E-state index contributed by atoms with van der Waals surface area (Å²) in [7, 11) is 1.55. The zero-order valence-electron chi connectivity index (χ0n) is 10.4. The highest BCUT2D eigenvalue weighted by Crippen LogP contribution is 2.16. The van der Waals surface area contributed by atoms with Gasteiger partial charge in [-0.3, -0.25) is 4.79 Å². The van der Waals surface area contributed by atoms with Crippen LogP contribution in [0.3, 0.4) is 0 Å². The van der Waals surface area contributed by atoms with E-state index < -0.39 is 11.7 Å². The largest absolute Gasteiger partial charge is 0.496 e. The summed E-state index contributed by atoms with van der Waals surface area (Å²) in [6, 6.07) is 9.93. The van der Waals surface area contributed by atoms with Crippen molar-refractivity contribution in [1.82, 2.24) is 10.3 Å². The SMILES string of the molecule is COc1ccccc1CNC(=O)c1ncccc1F. The Bertz CT molecular complexity index is 587. The third kappa shape index (κ3) is 3.07. The molecule has 0 atom stereocenters. The molecule has 1 aromatic heterocycles. The molecule has 0 aliphatic carbocycles. The van der Waals surface area contributed by atoms with Crippen LogP contribution >= 0.6 is 0 Å². The summed E-state index contributed by atoms with van der Waals surface area (Å²) in [6.07, 6.45) is 1.38. The van der Waals surface area contributed by atoms with Crippen molar-refractivity contribution in [2.24, 2.45) is 0 Å². The molecule has 19 heavy (non-hydrogen) atoms. The number of pyridine rings is 1. The molecule has 0 aliphatic heterocycles. The minimum atomic E-state index is -0.639. The van der Waals surface area contributed by atoms with Crippen molar-refractivity contribution in [2.75, 3.05) is 7.11 Å². The van der Waals surface area contributed by atoms with E-state index in [-0.39, 0.29) is 12.2 Å². The topological polar surface area (TPSA) is 51.2 Å². The van der Waals surface area contributed by atoms with E-state index in [1.807, 2.05) is 18.2 Å². The van der Waals surface area contributed by atoms with Crippen LogP contribution in [0.5, 0.6) is 5.75 Å². The maximum absolute atomic E-state index is 13.4. The molecular formula is C14H13FN2O2. The van der Waals surface area contributed by atoms with Crippen LogP contribution in [0, 0.1) is 5.82 Å². The molecule has 1 amide bonds. The molecule has 2 rings (SSSR count). The van der Waals surface area contributed by atoms with Gasteiger partial charge in [-0.15, -0.1) is 0 Å². The summed E-state index contributed by atoms with van der Waals surface area (Å²) >= 11 is 0. The molecule has 5 heteroatoms. The van der Waals surface area contributed by atoms with Crippen molar-refractivity contribution in [1.29, 1.82) is 0 Å². The molecule has 0 radical (unpaired) electrons. The number of amides is 1. The van der Waals surface area contributed by atoms with Gasteiger partial charge in [-0.2, -0.15) is 0 Å². The molecule has 98 valence electrons. The van der Waals surface area contributed by atoms with E-state index in [0.29, 0.717) is 5.75 Å². The fraction of sp³-hybridized carbons (Fsp3) is 0.143. The monoisotopic (exact) mass is 260 g/mol. The van der Waals surface area contributed by atoms with Gasteiger partial charge in [0.25, 0.3) is 5.91 Å². The highest BCUT2D eigenvalue weighted by Gasteiger charge is 2.12. The van der Waals surface area contributed by atoms with E-state index >= 15 is 0 Å². The molecule has 1 aromatic carbocycles. The number of carbonyl (C=O) groups is 1. The number of hydrogen-bond donors (Lipinski definition) is 1. The Morgan fingerprint density at radius 1 is 1.32 bits per heavy atom. The molecule has 1 N–H and O–H groups in total. The number of aromatic nitrogens is 1. The molecule has 0 fully saturated rings. The van der Waals surface area contributed by atoms with Crippen LogP contribution in [0.2, 0.25) is 0 Å². The summed E-state index contributed by atoms with van der Waals surface area (Å²) in [4.78, 5) is 15.5. The van der Waals surface area contributed by atoms with Crippen molar-refractivity contribution in [3.05, 3.63) is 59.7 Å². The molecule has 0 bridgehead atoms. The van der Waals surface area contributed by atoms with Gasteiger partial charge in [0.05, 0.1) is 7.11 Å². The molecule has 4 nitrogen and oxygen atoms in total. The molecule has 2 aromatic rings. The maximum Gasteiger partial charge on any atom is 0.273 e. The van der Waals surface area contributed by atoms with E-state index in [2.05, 4.69) is 10.3 Å². The van der Waals surface area contributed by atoms with E-state index in [1.54, 1.807) is 13.2 Å². The number of hydrogen-bond acceptors (Lipinski definition) is 3. The highest BCUT2D eigenvalue weighted by molar-refractivity contribution is 5.92. The minimum Gasteiger partial charge on any atom is -0.496 e. The minimum absolute atomic E-state index is 0.211. The second-order valence-corrected chi connectivity index (χ2v) is 3.83. The summed E-state index contributed by atoms with van der Waals surface area (Å²) in [5.74, 6) is -0.520. The number of halogens is 1. The van der Waals surface area contributed by atoms with Gasteiger partial charge in [0, 0.05) is 18.3 Å². The summed E-state index contributed by atoms with van der Waals surface area (Å²) < 4.78 is 18.5. The Kier molecular flexibility index (Phi) is 4.07. The number of rotatable bonds is 4. The summed E-state index contributed by atoms with van der Waals surface area (Å²) in [6.45, 7) is 0.249. The van der Waals surface area contributed by atoms with Crippen molar-refractivity contribution in [2.45, 2.75) is 6.54 Å². The van der Waals surface area contributed by atoms with Gasteiger partial charge in [-0.1, -0.05) is 18.2 Å². The Labute approximate surface area is 110 Å². The van der Waals surface area contributed by atoms with Crippen LogP contribution < -0.4 is 10.1 Å². The number of ether oxygens (including phenoxy) is 1. The number of benzene rings is 1. The Morgan fingerprint density at radius 2 is 2.11 bits per heavy atom. The lowest BCUT2D eigenvalue weighted by molar-refractivity contribution is 0.0941. The molecule has 1 heterocycles. The second kappa shape index (κ2) is 5.95. The summed E-state index contributed by atoms with van der Waals surface area (Å²) in [5, 5.41) is 2.61. The van der Waals surface area contributed by atoms with Gasteiger partial charge in [0.2, 0.25) is 0 Å². The van der Waals surface area contributed by atoms with Gasteiger partial charge >= 0.3 is 0 Å². The average Bonchev–Trinajstić information content (AvgIpc) is 2.45. The Balaban J connectivity index is 2.07. The first-order chi connectivity index (χ1) is 9.22. The van der Waals surface area contributed by atoms with E-state index in [9.17, 15) is 9.18 Å². The average molecular weight is 260 g/mol. The van der Waals surface area contributed by atoms with Crippen molar-refractivity contribution < 1.29 is 13.9 Å². The predicted octanol–water partition coefficient (Wildman–Crippen LogP) is 2.16. The molecule has 0 saturated heterocycles. The van der Waals surface area contributed by atoms with Gasteiger partial charge in [0.1, 0.15) is 5.75 Å². The third-order valence-electron chi connectivity index (χ3n) is 2.61. The molecule has 0 aliphatic rings. The lowest BCUT2D eigenvalue weighted by Gasteiger charge is -2.09. The maximum atomic E-state index is 13.4. The van der Waals surface area contributed by atoms with Crippen LogP contribution in [-0.4, -0.2) is 18.0 Å². The number of carbonyl (C=O) groups excluding carboxylic acids is 1. The van der Waals surface area contributed by atoms with Crippen LogP contribution in [0.25, 0.3) is 0 Å². The lowest BCUT2D eigenvalue weighted by atomic mass is 10.2. The van der Waals surface area contributed by atoms with Gasteiger partial charge in [-0.25, -0.2) is 9.37 Å². The summed E-state index contributed by atoms with van der Waals surface area (Å²) in [5.41, 5.74) is 0.604. The van der Waals surface area contributed by atoms with E-state index in [1.165, 1.54) is 18.3 Å². The molecule has 0 spiro atoms. The highest BCUT2D eigenvalue weighted by atomic mass is 19.1. The Morgan fingerprint density at radius 3 is 2.84 bits per heavy atom. The zero-order valence-corrected chi connectivity index (χ0v) is 10.4. The van der Waals surface area contributed by atoms with Gasteiger partial charge in [0.15, 0.2) is 11.5 Å². The fourth-order valence-corrected chi connectivity index (χ4v) is 1.66. The van der Waals surface area contributed by atoms with E-state index in [0.717, 1.165) is 5.56 Å². The van der Waals surface area contributed by atoms with Gasteiger partial charge < -0.3 is 10.1 Å². The predicted molar refractivity (Wildman–Crippen MR) is 68.4 cm³/mol. The zero-order chi connectivity index (χ0) is 13.7. The van der Waals surface area contributed by atoms with Crippen molar-refractivity contribution in [3.8, 4) is 5.75 Å². The van der Waals surface area contributed by atoms with Gasteiger partial charge in [-0.05, 0) is 18.2 Å². The smallest absolute Gasteiger partial charge is 0.273 e. The first kappa shape index (κ1) is 13.0. The van der Waals surface area contributed by atoms with Crippen molar-refractivity contribution in [3.63, 3.8) is 0 Å². The Hall–Kier alpha value is -2.43. The number of nitrogens with one attached hydrogen (secondary N) is 1. The van der Waals surface area contributed by atoms with Crippen LogP contribution in [0.4, 0.5) is 4.39 Å². The number of nitrogens with zero attached hydrogens (tertiary/aromatic N) is 1. The van der Waals surface area contributed by atoms with Crippen LogP contribution in [0.1, 0.15) is 16.1 Å². The van der Waals surface area contributed by atoms with Crippen molar-refractivity contribution >= 4 is 5.91 Å². The number of para-hydroxylation sites is 1. The fourth-order valence-electron chi connectivity index (χ4n) is 1.66. The third-order valence-corrected chi connectivity index (χ3v) is 2.61. The van der Waals surface area contributed by atoms with E-state index in [4.69, 9.17) is 4.74 Å². The number of methoxy groups -OCH3 is 1. The standard InChI is InChI=1S/C14H13FN2O2/c1-19-12-7-3-2-5-10(12)9-17-14(18)13-11(15)6-4-8-16-13/h2-8H,9H2,1H3,(H,17,18). The molecule has 0 saturated carbocycles. The van der Waals surface area contributed by atoms with Crippen LogP contribution in [-0.2, 0) is 6.54 Å². The first-order valence-corrected chi connectivity index (χ1v) is 5.73. The molecular weight excluding hydrogens is 247 g/mol. The molecule has 0 unspecified atom stereocenters.